The maximum atomic E-state index is 17.8. The number of aromatic nitrogens is 3. The van der Waals surface area contributed by atoms with Crippen LogP contribution in [0.1, 0.15) is 147 Å². The fraction of sp³-hybridized carbons (Fsp3) is 0.553. The third-order valence-corrected chi connectivity index (χ3v) is 12.2. The van der Waals surface area contributed by atoms with Crippen molar-refractivity contribution in [3.05, 3.63) is 111 Å². The zero-order valence-electron chi connectivity index (χ0n) is 35.1. The molecule has 2 aromatic carbocycles. The van der Waals surface area contributed by atoms with E-state index in [1.165, 1.54) is 12.1 Å². The zero-order chi connectivity index (χ0) is 42.8. The number of halogens is 6. The molecule has 60 heavy (non-hydrogen) atoms. The summed E-state index contributed by atoms with van der Waals surface area (Å²) in [6.45, 7) is 10.9. The van der Waals surface area contributed by atoms with Crippen molar-refractivity contribution in [2.75, 3.05) is 31.7 Å². The lowest BCUT2D eigenvalue weighted by molar-refractivity contribution is -0.137. The molecule has 0 amide bonds. The predicted octanol–water partition coefficient (Wildman–Crippen LogP) is 12.0. The highest BCUT2D eigenvalue weighted by Gasteiger charge is 2.44. The minimum Gasteiger partial charge on any atom is -0.497 e. The molecule has 13 heteroatoms. The molecule has 2 fully saturated rings. The van der Waals surface area contributed by atoms with Gasteiger partial charge < -0.3 is 19.1 Å². The summed E-state index contributed by atoms with van der Waals surface area (Å²) in [6.07, 6.45) is -1.52. The van der Waals surface area contributed by atoms with Gasteiger partial charge in [-0.1, -0.05) is 52.0 Å². The van der Waals surface area contributed by atoms with Crippen molar-refractivity contribution in [1.29, 1.82) is 0 Å². The zero-order valence-corrected chi connectivity index (χ0v) is 35.1. The Morgan fingerprint density at radius 1 is 0.833 bits per heavy atom. The van der Waals surface area contributed by atoms with Crippen LogP contribution >= 0.6 is 0 Å². The molecule has 1 aliphatic heterocycles. The second kappa shape index (κ2) is 18.0. The second-order valence-corrected chi connectivity index (χ2v) is 18.1. The molecule has 1 saturated heterocycles. The predicted molar refractivity (Wildman–Crippen MR) is 218 cm³/mol. The minimum atomic E-state index is -4.60. The highest BCUT2D eigenvalue weighted by Crippen LogP contribution is 2.53. The number of fused-ring (bicyclic) bond motifs is 1. The van der Waals surface area contributed by atoms with Crippen molar-refractivity contribution >= 4 is 5.95 Å². The summed E-state index contributed by atoms with van der Waals surface area (Å²) >= 11 is 0. The van der Waals surface area contributed by atoms with Crippen LogP contribution < -0.4 is 9.64 Å². The van der Waals surface area contributed by atoms with Gasteiger partial charge in [-0.25, -0.2) is 23.1 Å². The minimum absolute atomic E-state index is 0.0588. The van der Waals surface area contributed by atoms with Gasteiger partial charge in [0.05, 0.1) is 37.7 Å². The summed E-state index contributed by atoms with van der Waals surface area (Å²) in [4.78, 5) is 16.7. The van der Waals surface area contributed by atoms with Crippen LogP contribution in [0.5, 0.6) is 5.75 Å². The van der Waals surface area contributed by atoms with E-state index in [4.69, 9.17) is 19.2 Å². The standard InChI is InChI=1S/C47H56F6N4O3/c1-29(2)26-59-27-31-24-54-44(55-25-31)57-20-16-34(17-21-57)43-41(42(48)33-8-10-35(11-9-33)47(51,52)53)39(32-14-18-46(49,50)19-15-32)40-37(56-43)22-45(3,4)23-38(40)60-28-30-6-12-36(58-5)13-7-30/h6-13,24-25,29,32,34,38,42H,14-23,26-28H2,1-5H3/t38-,42?/m0/s1. The van der Waals surface area contributed by atoms with Gasteiger partial charge in [0.15, 0.2) is 6.17 Å². The van der Waals surface area contributed by atoms with E-state index < -0.39 is 35.9 Å². The maximum Gasteiger partial charge on any atom is 0.416 e. The van der Waals surface area contributed by atoms with Gasteiger partial charge in [-0.05, 0) is 96.7 Å². The van der Waals surface area contributed by atoms with E-state index in [-0.39, 0.29) is 49.2 Å². The van der Waals surface area contributed by atoms with Gasteiger partial charge >= 0.3 is 6.18 Å². The molecule has 2 atom stereocenters. The van der Waals surface area contributed by atoms with E-state index in [0.29, 0.717) is 86.4 Å². The summed E-state index contributed by atoms with van der Waals surface area (Å²) in [6, 6.07) is 11.7. The van der Waals surface area contributed by atoms with Gasteiger partial charge in [0.25, 0.3) is 0 Å². The summed E-state index contributed by atoms with van der Waals surface area (Å²) in [5.74, 6) is -1.78. The number of ether oxygens (including phenoxy) is 3. The van der Waals surface area contributed by atoms with E-state index in [2.05, 4.69) is 42.6 Å². The highest BCUT2D eigenvalue weighted by atomic mass is 19.4. The molecule has 2 aliphatic carbocycles. The number of anilines is 1. The molecule has 7 nitrogen and oxygen atoms in total. The normalized spacial score (nSPS) is 20.3. The van der Waals surface area contributed by atoms with Gasteiger partial charge in [0.2, 0.25) is 11.9 Å². The molecule has 1 unspecified atom stereocenters. The van der Waals surface area contributed by atoms with Crippen molar-refractivity contribution in [3.63, 3.8) is 0 Å². The van der Waals surface area contributed by atoms with E-state index >= 15 is 4.39 Å². The van der Waals surface area contributed by atoms with E-state index in [0.717, 1.165) is 34.5 Å². The molecule has 0 N–H and O–H groups in total. The van der Waals surface area contributed by atoms with Crippen LogP contribution in [0.2, 0.25) is 0 Å². The summed E-state index contributed by atoms with van der Waals surface area (Å²) < 4.78 is 106. The van der Waals surface area contributed by atoms with Crippen molar-refractivity contribution in [1.82, 2.24) is 15.0 Å². The topological polar surface area (TPSA) is 69.6 Å². The maximum absolute atomic E-state index is 17.8. The van der Waals surface area contributed by atoms with Crippen molar-refractivity contribution in [3.8, 4) is 5.75 Å². The Morgan fingerprint density at radius 3 is 2.08 bits per heavy atom. The van der Waals surface area contributed by atoms with E-state index in [1.807, 2.05) is 24.3 Å². The first-order valence-electron chi connectivity index (χ1n) is 21.1. The molecular formula is C47H56F6N4O3. The summed E-state index contributed by atoms with van der Waals surface area (Å²) in [5.41, 5.74) is 3.72. The SMILES string of the molecule is COc1ccc(CO[C@H]2CC(C)(C)Cc3nc(C4CCN(c5ncc(COCC(C)C)cn5)CC4)c(C(F)c4ccc(C(F)(F)F)cc4)c(C4CCC(F)(F)CC4)c32)cc1. The number of piperidine rings is 1. The second-order valence-electron chi connectivity index (χ2n) is 18.1. The van der Waals surface area contributed by atoms with E-state index in [1.54, 1.807) is 19.5 Å². The number of methoxy groups -OCH3 is 1. The number of nitrogens with zero attached hydrogens (tertiary/aromatic N) is 4. The van der Waals surface area contributed by atoms with Crippen molar-refractivity contribution in [2.45, 2.75) is 128 Å². The average molecular weight is 839 g/mol. The Kier molecular flexibility index (Phi) is 13.2. The Bertz CT molecular complexity index is 2040. The van der Waals surface area contributed by atoms with Gasteiger partial charge in [0.1, 0.15) is 5.75 Å². The Labute approximate surface area is 349 Å². The molecule has 4 aromatic rings. The number of benzene rings is 2. The molecular weight excluding hydrogens is 783 g/mol. The van der Waals surface area contributed by atoms with Crippen molar-refractivity contribution in [2.24, 2.45) is 11.3 Å². The summed E-state index contributed by atoms with van der Waals surface area (Å²) in [7, 11) is 1.60. The fourth-order valence-electron chi connectivity index (χ4n) is 9.09. The molecule has 0 radical (unpaired) electrons. The van der Waals surface area contributed by atoms with Crippen molar-refractivity contribution < 1.29 is 40.6 Å². The Morgan fingerprint density at radius 2 is 1.48 bits per heavy atom. The lowest BCUT2D eigenvalue weighted by atomic mass is 9.68. The Balaban J connectivity index is 1.29. The number of alkyl halides is 6. The number of pyridine rings is 1. The fourth-order valence-corrected chi connectivity index (χ4v) is 9.09. The molecule has 7 rings (SSSR count). The van der Waals surface area contributed by atoms with Crippen LogP contribution in [0.15, 0.2) is 60.9 Å². The first-order chi connectivity index (χ1) is 28.5. The van der Waals surface area contributed by atoms with Gasteiger partial charge in [-0.15, -0.1) is 0 Å². The van der Waals surface area contributed by atoms with Gasteiger partial charge in [-0.2, -0.15) is 13.2 Å². The lowest BCUT2D eigenvalue weighted by Gasteiger charge is -2.42. The van der Waals surface area contributed by atoms with Crippen LogP contribution in [-0.2, 0) is 35.3 Å². The van der Waals surface area contributed by atoms with Crippen LogP contribution in [0.25, 0.3) is 0 Å². The van der Waals surface area contributed by atoms with E-state index in [9.17, 15) is 22.0 Å². The summed E-state index contributed by atoms with van der Waals surface area (Å²) in [5, 5.41) is 0. The molecule has 324 valence electrons. The average Bonchev–Trinajstić information content (AvgIpc) is 3.21. The molecule has 1 saturated carbocycles. The highest BCUT2D eigenvalue weighted by molar-refractivity contribution is 5.51. The first kappa shape index (κ1) is 43.8. The van der Waals surface area contributed by atoms with Gasteiger partial charge in [0, 0.05) is 73.2 Å². The molecule has 0 spiro atoms. The lowest BCUT2D eigenvalue weighted by Crippen LogP contribution is -2.36. The smallest absolute Gasteiger partial charge is 0.416 e. The van der Waals surface area contributed by atoms with Crippen LogP contribution in [0.3, 0.4) is 0 Å². The largest absolute Gasteiger partial charge is 0.497 e. The monoisotopic (exact) mass is 838 g/mol. The van der Waals surface area contributed by atoms with Crippen LogP contribution in [0.4, 0.5) is 32.3 Å². The quantitative estimate of drug-likeness (QED) is 0.124. The third-order valence-electron chi connectivity index (χ3n) is 12.2. The molecule has 0 bridgehead atoms. The Hall–Kier alpha value is -4.23. The molecule has 3 heterocycles. The number of hydrogen-bond acceptors (Lipinski definition) is 7. The molecule has 2 aromatic heterocycles. The first-order valence-corrected chi connectivity index (χ1v) is 21.1. The molecule has 3 aliphatic rings. The van der Waals surface area contributed by atoms with Crippen LogP contribution in [0, 0.1) is 11.3 Å². The number of rotatable bonds is 13. The van der Waals surface area contributed by atoms with Crippen LogP contribution in [-0.4, -0.2) is 47.7 Å². The number of hydrogen-bond donors (Lipinski definition) is 0. The van der Waals surface area contributed by atoms with Gasteiger partial charge in [-0.3, -0.25) is 4.98 Å². The third kappa shape index (κ3) is 10.3.